The first kappa shape index (κ1) is 15.7. The summed E-state index contributed by atoms with van der Waals surface area (Å²) >= 11 is 0. The van der Waals surface area contributed by atoms with Gasteiger partial charge in [0.25, 0.3) is 0 Å². The van der Waals surface area contributed by atoms with E-state index in [4.69, 9.17) is 5.11 Å². The molecule has 0 bridgehead atoms. The predicted octanol–water partition coefficient (Wildman–Crippen LogP) is 3.24. The van der Waals surface area contributed by atoms with E-state index < -0.39 is 11.7 Å². The molecule has 0 aliphatic carbocycles. The minimum atomic E-state index is -4.44. The van der Waals surface area contributed by atoms with E-state index in [1.54, 1.807) is 6.21 Å². The third-order valence-electron chi connectivity index (χ3n) is 3.37. The van der Waals surface area contributed by atoms with E-state index in [2.05, 4.69) is 4.99 Å². The SMILES string of the molecule is O=C(CCO)Cc1cc(C(F)(F)F)cc2c1N=CCCC2. The molecule has 0 fully saturated rings. The molecule has 0 saturated carbocycles. The molecule has 21 heavy (non-hydrogen) atoms. The highest BCUT2D eigenvalue weighted by Gasteiger charge is 2.32. The number of ketones is 1. The number of carbonyl (C=O) groups excluding carboxylic acids is 1. The van der Waals surface area contributed by atoms with Crippen molar-refractivity contribution in [3.8, 4) is 0 Å². The van der Waals surface area contributed by atoms with Gasteiger partial charge in [0.15, 0.2) is 0 Å². The van der Waals surface area contributed by atoms with Gasteiger partial charge in [-0.2, -0.15) is 13.2 Å². The van der Waals surface area contributed by atoms with Crippen molar-refractivity contribution in [2.45, 2.75) is 38.3 Å². The average molecular weight is 299 g/mol. The zero-order chi connectivity index (χ0) is 15.5. The number of nitrogens with zero attached hydrogens (tertiary/aromatic N) is 1. The van der Waals surface area contributed by atoms with Crippen LogP contribution in [0.1, 0.15) is 36.0 Å². The van der Waals surface area contributed by atoms with Crippen molar-refractivity contribution in [2.75, 3.05) is 6.61 Å². The van der Waals surface area contributed by atoms with Crippen molar-refractivity contribution in [1.29, 1.82) is 0 Å². The van der Waals surface area contributed by atoms with Gasteiger partial charge in [0, 0.05) is 25.7 Å². The molecular weight excluding hydrogens is 283 g/mol. The van der Waals surface area contributed by atoms with E-state index in [0.717, 1.165) is 18.6 Å². The molecule has 0 aromatic heterocycles. The summed E-state index contributed by atoms with van der Waals surface area (Å²) < 4.78 is 38.9. The summed E-state index contributed by atoms with van der Waals surface area (Å²) in [4.78, 5) is 15.9. The van der Waals surface area contributed by atoms with Gasteiger partial charge < -0.3 is 5.11 Å². The molecule has 1 aliphatic rings. The summed E-state index contributed by atoms with van der Waals surface area (Å²) in [5, 5.41) is 8.75. The Bertz CT molecular complexity index is 565. The number of benzene rings is 1. The fraction of sp³-hybridized carbons (Fsp3) is 0.467. The number of Topliss-reactive ketones (excluding diaryl/α,β-unsaturated/α-hetero) is 1. The Balaban J connectivity index is 2.46. The molecule has 1 aromatic rings. The molecule has 0 saturated heterocycles. The number of hydrogen-bond donors (Lipinski definition) is 1. The summed E-state index contributed by atoms with van der Waals surface area (Å²) in [6.45, 7) is -0.302. The standard InChI is InChI=1S/C15H16F3NO2/c16-15(17,18)12-7-10-3-1-2-5-19-14(10)11(8-12)9-13(21)4-6-20/h5,7-8,20H,1-4,6,9H2. The number of aliphatic hydroxyl groups excluding tert-OH is 1. The van der Waals surface area contributed by atoms with Crippen molar-refractivity contribution < 1.29 is 23.1 Å². The Labute approximate surface area is 120 Å². The lowest BCUT2D eigenvalue weighted by atomic mass is 9.96. The van der Waals surface area contributed by atoms with Crippen molar-refractivity contribution in [3.05, 3.63) is 28.8 Å². The second-order valence-electron chi connectivity index (χ2n) is 5.03. The highest BCUT2D eigenvalue weighted by molar-refractivity contribution is 5.83. The van der Waals surface area contributed by atoms with Crippen molar-refractivity contribution >= 4 is 17.7 Å². The zero-order valence-electron chi connectivity index (χ0n) is 11.4. The van der Waals surface area contributed by atoms with Gasteiger partial charge in [0.2, 0.25) is 0 Å². The average Bonchev–Trinajstić information content (AvgIpc) is 2.63. The van der Waals surface area contributed by atoms with Crippen molar-refractivity contribution in [3.63, 3.8) is 0 Å². The van der Waals surface area contributed by atoms with Crippen LogP contribution in [-0.4, -0.2) is 23.7 Å². The summed E-state index contributed by atoms with van der Waals surface area (Å²) in [7, 11) is 0. The van der Waals surface area contributed by atoms with Crippen LogP contribution in [0.5, 0.6) is 0 Å². The highest BCUT2D eigenvalue weighted by Crippen LogP contribution is 2.37. The minimum Gasteiger partial charge on any atom is -0.396 e. The van der Waals surface area contributed by atoms with Gasteiger partial charge in [0.05, 0.1) is 11.3 Å². The molecular formula is C15H16F3NO2. The van der Waals surface area contributed by atoms with Crippen molar-refractivity contribution in [1.82, 2.24) is 0 Å². The molecule has 1 heterocycles. The fourth-order valence-electron chi connectivity index (χ4n) is 2.38. The second kappa shape index (κ2) is 6.39. The Morgan fingerprint density at radius 3 is 2.76 bits per heavy atom. The fourth-order valence-corrected chi connectivity index (χ4v) is 2.38. The molecule has 0 radical (unpaired) electrons. The monoisotopic (exact) mass is 299 g/mol. The third-order valence-corrected chi connectivity index (χ3v) is 3.37. The summed E-state index contributed by atoms with van der Waals surface area (Å²) in [5.41, 5.74) is 0.554. The quantitative estimate of drug-likeness (QED) is 0.928. The molecule has 1 N–H and O–H groups in total. The summed E-state index contributed by atoms with van der Waals surface area (Å²) in [5.74, 6) is -0.293. The van der Waals surface area contributed by atoms with E-state index in [1.165, 1.54) is 0 Å². The number of alkyl halides is 3. The number of fused-ring (bicyclic) bond motifs is 1. The summed E-state index contributed by atoms with van der Waals surface area (Å²) in [6.07, 6.45) is -1.000. The van der Waals surface area contributed by atoms with Crippen LogP contribution in [0.25, 0.3) is 0 Å². The van der Waals surface area contributed by atoms with Crippen LogP contribution in [0.2, 0.25) is 0 Å². The molecule has 114 valence electrons. The number of hydrogen-bond acceptors (Lipinski definition) is 3. The largest absolute Gasteiger partial charge is 0.416 e. The van der Waals surface area contributed by atoms with E-state index >= 15 is 0 Å². The van der Waals surface area contributed by atoms with E-state index in [-0.39, 0.29) is 30.8 Å². The van der Waals surface area contributed by atoms with Crippen LogP contribution >= 0.6 is 0 Å². The zero-order valence-corrected chi connectivity index (χ0v) is 11.4. The van der Waals surface area contributed by atoms with Gasteiger partial charge in [-0.05, 0) is 42.5 Å². The highest BCUT2D eigenvalue weighted by atomic mass is 19.4. The van der Waals surface area contributed by atoms with Crippen LogP contribution in [0.4, 0.5) is 18.9 Å². The van der Waals surface area contributed by atoms with Crippen LogP contribution in [0.15, 0.2) is 17.1 Å². The number of aliphatic imine (C=N–C) groups is 1. The van der Waals surface area contributed by atoms with Crippen LogP contribution in [0, 0.1) is 0 Å². The summed E-state index contributed by atoms with van der Waals surface area (Å²) in [6, 6.07) is 2.12. The number of carbonyl (C=O) groups is 1. The van der Waals surface area contributed by atoms with Crippen LogP contribution in [-0.2, 0) is 23.8 Å². The molecule has 0 atom stereocenters. The van der Waals surface area contributed by atoms with E-state index in [9.17, 15) is 18.0 Å². The molecule has 3 nitrogen and oxygen atoms in total. The Morgan fingerprint density at radius 2 is 2.10 bits per heavy atom. The molecule has 0 unspecified atom stereocenters. The minimum absolute atomic E-state index is 0.0608. The van der Waals surface area contributed by atoms with Gasteiger partial charge in [-0.15, -0.1) is 0 Å². The van der Waals surface area contributed by atoms with Gasteiger partial charge in [-0.25, -0.2) is 0 Å². The number of aliphatic hydroxyl groups is 1. The van der Waals surface area contributed by atoms with Crippen molar-refractivity contribution in [2.24, 2.45) is 4.99 Å². The lowest BCUT2D eigenvalue weighted by Crippen LogP contribution is -2.10. The topological polar surface area (TPSA) is 49.7 Å². The maximum absolute atomic E-state index is 13.0. The molecule has 2 rings (SSSR count). The van der Waals surface area contributed by atoms with Gasteiger partial charge in [-0.3, -0.25) is 9.79 Å². The first-order valence-corrected chi connectivity index (χ1v) is 6.80. The molecule has 1 aromatic carbocycles. The van der Waals surface area contributed by atoms with E-state index in [1.807, 2.05) is 0 Å². The van der Waals surface area contributed by atoms with Crippen LogP contribution < -0.4 is 0 Å². The Morgan fingerprint density at radius 1 is 1.33 bits per heavy atom. The smallest absolute Gasteiger partial charge is 0.396 e. The van der Waals surface area contributed by atoms with Gasteiger partial charge in [-0.1, -0.05) is 0 Å². The predicted molar refractivity (Wildman–Crippen MR) is 72.9 cm³/mol. The molecule has 0 amide bonds. The molecule has 1 aliphatic heterocycles. The first-order chi connectivity index (χ1) is 9.91. The second-order valence-corrected chi connectivity index (χ2v) is 5.03. The van der Waals surface area contributed by atoms with Crippen LogP contribution in [0.3, 0.4) is 0 Å². The number of aryl methyl sites for hydroxylation is 1. The maximum Gasteiger partial charge on any atom is 0.416 e. The molecule has 0 spiro atoms. The lowest BCUT2D eigenvalue weighted by molar-refractivity contribution is -0.137. The number of halogens is 3. The normalized spacial score (nSPS) is 14.7. The Hall–Kier alpha value is -1.69. The first-order valence-electron chi connectivity index (χ1n) is 6.80. The maximum atomic E-state index is 13.0. The lowest BCUT2D eigenvalue weighted by Gasteiger charge is -2.14. The third kappa shape index (κ3) is 3.91. The Kier molecular flexibility index (Phi) is 4.77. The molecule has 6 heteroatoms. The number of rotatable bonds is 4. The van der Waals surface area contributed by atoms with Gasteiger partial charge in [0.1, 0.15) is 5.78 Å². The van der Waals surface area contributed by atoms with Gasteiger partial charge >= 0.3 is 6.18 Å². The van der Waals surface area contributed by atoms with E-state index in [0.29, 0.717) is 24.1 Å².